The van der Waals surface area contributed by atoms with E-state index in [2.05, 4.69) is 0 Å². The molecule has 1 fully saturated rings. The Morgan fingerprint density at radius 2 is 1.63 bits per heavy atom. The van der Waals surface area contributed by atoms with E-state index in [9.17, 15) is 8.78 Å². The van der Waals surface area contributed by atoms with E-state index in [-0.39, 0.29) is 5.56 Å². The zero-order valence-electron chi connectivity index (χ0n) is 12.0. The smallest absolute Gasteiger partial charge is 0.399 e. The Morgan fingerprint density at radius 3 is 2.11 bits per heavy atom. The standard InChI is InChI=1S/C14H19BF2O2/c1-9(16)11-8-10(6-7-12(11)17)15-18-13(2,3)14(4,5)19-15/h6-9H,1-5H3. The van der Waals surface area contributed by atoms with Gasteiger partial charge in [0.25, 0.3) is 0 Å². The van der Waals surface area contributed by atoms with Gasteiger partial charge in [-0.15, -0.1) is 0 Å². The maximum absolute atomic E-state index is 13.5. The average molecular weight is 268 g/mol. The first-order valence-electron chi connectivity index (χ1n) is 6.43. The van der Waals surface area contributed by atoms with Gasteiger partial charge in [-0.1, -0.05) is 12.1 Å². The Hall–Kier alpha value is -0.935. The Kier molecular flexibility index (Phi) is 3.48. The quantitative estimate of drug-likeness (QED) is 0.767. The van der Waals surface area contributed by atoms with Gasteiger partial charge in [-0.3, -0.25) is 0 Å². The van der Waals surface area contributed by atoms with Crippen LogP contribution in [0.15, 0.2) is 18.2 Å². The summed E-state index contributed by atoms with van der Waals surface area (Å²) in [6, 6.07) is 4.30. The molecule has 0 aromatic heterocycles. The maximum Gasteiger partial charge on any atom is 0.494 e. The van der Waals surface area contributed by atoms with Crippen molar-refractivity contribution in [3.63, 3.8) is 0 Å². The summed E-state index contributed by atoms with van der Waals surface area (Å²) in [5, 5.41) is 0. The fraction of sp³-hybridized carbons (Fsp3) is 0.571. The van der Waals surface area contributed by atoms with E-state index >= 15 is 0 Å². The number of benzene rings is 1. The van der Waals surface area contributed by atoms with Crippen LogP contribution in [0.3, 0.4) is 0 Å². The minimum absolute atomic E-state index is 0.0345. The minimum atomic E-state index is -1.36. The molecule has 1 atom stereocenters. The van der Waals surface area contributed by atoms with Crippen LogP contribution < -0.4 is 5.46 Å². The molecule has 19 heavy (non-hydrogen) atoms. The number of hydrogen-bond acceptors (Lipinski definition) is 2. The highest BCUT2D eigenvalue weighted by Gasteiger charge is 2.51. The molecular formula is C14H19BF2O2. The third-order valence-corrected chi connectivity index (χ3v) is 3.97. The molecule has 1 aromatic rings. The van der Waals surface area contributed by atoms with Gasteiger partial charge >= 0.3 is 7.12 Å². The molecule has 2 nitrogen and oxygen atoms in total. The predicted molar refractivity (Wildman–Crippen MR) is 71.6 cm³/mol. The topological polar surface area (TPSA) is 18.5 Å². The summed E-state index contributed by atoms with van der Waals surface area (Å²) in [7, 11) is -0.594. The Morgan fingerprint density at radius 1 is 1.11 bits per heavy atom. The van der Waals surface area contributed by atoms with Crippen LogP contribution in [0.2, 0.25) is 0 Å². The molecule has 1 unspecified atom stereocenters. The van der Waals surface area contributed by atoms with Crippen molar-refractivity contribution in [2.24, 2.45) is 0 Å². The van der Waals surface area contributed by atoms with Gasteiger partial charge in [0.2, 0.25) is 0 Å². The lowest BCUT2D eigenvalue weighted by molar-refractivity contribution is 0.00578. The Labute approximate surface area is 113 Å². The highest BCUT2D eigenvalue weighted by molar-refractivity contribution is 6.62. The molecule has 0 aliphatic carbocycles. The monoisotopic (exact) mass is 268 g/mol. The van der Waals surface area contributed by atoms with E-state index in [0.29, 0.717) is 5.46 Å². The first-order valence-corrected chi connectivity index (χ1v) is 6.43. The lowest BCUT2D eigenvalue weighted by atomic mass is 9.78. The highest BCUT2D eigenvalue weighted by Crippen LogP contribution is 2.36. The highest BCUT2D eigenvalue weighted by atomic mass is 19.1. The number of alkyl halides is 1. The van der Waals surface area contributed by atoms with Crippen LogP contribution in [0.4, 0.5) is 8.78 Å². The van der Waals surface area contributed by atoms with Crippen molar-refractivity contribution >= 4 is 12.6 Å². The molecular weight excluding hydrogens is 249 g/mol. The van der Waals surface area contributed by atoms with E-state index in [0.717, 1.165) is 0 Å². The third kappa shape index (κ3) is 2.54. The lowest BCUT2D eigenvalue weighted by Crippen LogP contribution is -2.41. The lowest BCUT2D eigenvalue weighted by Gasteiger charge is -2.32. The van der Waals surface area contributed by atoms with Gasteiger partial charge in [0.15, 0.2) is 0 Å². The normalized spacial score (nSPS) is 22.6. The summed E-state index contributed by atoms with van der Waals surface area (Å²) in [4.78, 5) is 0. The van der Waals surface area contributed by atoms with Crippen LogP contribution in [-0.2, 0) is 9.31 Å². The van der Waals surface area contributed by atoms with Gasteiger partial charge < -0.3 is 9.31 Å². The zero-order chi connectivity index (χ0) is 14.4. The van der Waals surface area contributed by atoms with Crippen LogP contribution in [-0.4, -0.2) is 18.3 Å². The molecule has 0 saturated carbocycles. The van der Waals surface area contributed by atoms with E-state index in [1.54, 1.807) is 6.07 Å². The Bertz CT molecular complexity index is 470. The van der Waals surface area contributed by atoms with Crippen molar-refractivity contribution in [3.05, 3.63) is 29.6 Å². The summed E-state index contributed by atoms with van der Waals surface area (Å²) in [6.45, 7) is 9.07. The number of rotatable bonds is 2. The number of hydrogen-bond donors (Lipinski definition) is 0. The minimum Gasteiger partial charge on any atom is -0.399 e. The van der Waals surface area contributed by atoms with Gasteiger partial charge in [0, 0.05) is 5.56 Å². The Balaban J connectivity index is 2.32. The first kappa shape index (κ1) is 14.5. The predicted octanol–water partition coefficient (Wildman–Crippen LogP) is 3.16. The van der Waals surface area contributed by atoms with E-state index in [1.807, 2.05) is 27.7 Å². The molecule has 2 rings (SSSR count). The van der Waals surface area contributed by atoms with Crippen LogP contribution in [0.5, 0.6) is 0 Å². The fourth-order valence-corrected chi connectivity index (χ4v) is 1.99. The van der Waals surface area contributed by atoms with Crippen LogP contribution in [0, 0.1) is 5.82 Å². The van der Waals surface area contributed by atoms with Gasteiger partial charge in [-0.2, -0.15) is 0 Å². The van der Waals surface area contributed by atoms with Crippen molar-refractivity contribution in [2.45, 2.75) is 52.0 Å². The maximum atomic E-state index is 13.5. The molecule has 1 saturated heterocycles. The number of halogens is 2. The second-order valence-corrected chi connectivity index (χ2v) is 5.99. The van der Waals surface area contributed by atoms with E-state index in [4.69, 9.17) is 9.31 Å². The zero-order valence-corrected chi connectivity index (χ0v) is 12.0. The summed E-state index contributed by atoms with van der Waals surface area (Å²) in [5.74, 6) is -0.546. The molecule has 0 spiro atoms. The third-order valence-electron chi connectivity index (χ3n) is 3.97. The van der Waals surface area contributed by atoms with Crippen LogP contribution in [0.25, 0.3) is 0 Å². The van der Waals surface area contributed by atoms with Gasteiger partial charge in [-0.05, 0) is 46.1 Å². The summed E-state index contributed by atoms with van der Waals surface area (Å²) in [6.07, 6.45) is -1.36. The van der Waals surface area contributed by atoms with Gasteiger partial charge in [-0.25, -0.2) is 8.78 Å². The fourth-order valence-electron chi connectivity index (χ4n) is 1.99. The first-order chi connectivity index (χ1) is 8.64. The van der Waals surface area contributed by atoms with Crippen molar-refractivity contribution < 1.29 is 18.1 Å². The summed E-state index contributed by atoms with van der Waals surface area (Å²) >= 11 is 0. The van der Waals surface area contributed by atoms with Gasteiger partial charge in [0.05, 0.1) is 11.2 Å². The molecule has 1 aromatic carbocycles. The van der Waals surface area contributed by atoms with Crippen molar-refractivity contribution in [3.8, 4) is 0 Å². The van der Waals surface area contributed by atoms with Crippen LogP contribution in [0.1, 0.15) is 46.4 Å². The molecule has 1 heterocycles. The molecule has 0 amide bonds. The molecule has 104 valence electrons. The largest absolute Gasteiger partial charge is 0.494 e. The summed E-state index contributed by atoms with van der Waals surface area (Å²) < 4.78 is 38.5. The summed E-state index contributed by atoms with van der Waals surface area (Å²) in [5.41, 5.74) is -0.257. The van der Waals surface area contributed by atoms with E-state index in [1.165, 1.54) is 19.1 Å². The second-order valence-electron chi connectivity index (χ2n) is 5.99. The van der Waals surface area contributed by atoms with Crippen molar-refractivity contribution in [1.29, 1.82) is 0 Å². The van der Waals surface area contributed by atoms with Crippen molar-refractivity contribution in [1.82, 2.24) is 0 Å². The van der Waals surface area contributed by atoms with Gasteiger partial charge in [0.1, 0.15) is 12.0 Å². The second kappa shape index (κ2) is 4.56. The average Bonchev–Trinajstić information content (AvgIpc) is 2.48. The van der Waals surface area contributed by atoms with E-state index < -0.39 is 30.3 Å². The molecule has 0 N–H and O–H groups in total. The molecule has 0 bridgehead atoms. The SMILES string of the molecule is CC(F)c1cc(B2OC(C)(C)C(C)(C)O2)ccc1F. The molecule has 1 aliphatic heterocycles. The van der Waals surface area contributed by atoms with Crippen molar-refractivity contribution in [2.75, 3.05) is 0 Å². The van der Waals surface area contributed by atoms with Crippen LogP contribution >= 0.6 is 0 Å². The molecule has 0 radical (unpaired) electrons. The molecule has 1 aliphatic rings. The molecule has 5 heteroatoms.